The molecule has 0 heterocycles. The third-order valence-electron chi connectivity index (χ3n) is 7.77. The van der Waals surface area contributed by atoms with Crippen molar-refractivity contribution in [2.45, 2.75) is 25.7 Å². The van der Waals surface area contributed by atoms with Gasteiger partial charge in [0.05, 0.1) is 55.5 Å². The van der Waals surface area contributed by atoms with Crippen LogP contribution in [0.3, 0.4) is 0 Å². The first-order chi connectivity index (χ1) is 23.8. The molecule has 0 spiro atoms. The lowest BCUT2D eigenvalue weighted by atomic mass is 10.1. The van der Waals surface area contributed by atoms with Gasteiger partial charge in [-0.15, -0.1) is 0 Å². The van der Waals surface area contributed by atoms with Crippen LogP contribution in [0.25, 0.3) is 0 Å². The molecule has 0 fully saturated rings. The minimum Gasteiger partial charge on any atom is -0.493 e. The predicted molar refractivity (Wildman–Crippen MR) is 186 cm³/mol. The zero-order chi connectivity index (χ0) is 35.2. The average Bonchev–Trinajstić information content (AvgIpc) is 3.12. The number of methoxy groups -OCH3 is 6. The van der Waals surface area contributed by atoms with Crippen LogP contribution in [0.2, 0.25) is 0 Å². The minimum atomic E-state index is -0.113. The summed E-state index contributed by atoms with van der Waals surface area (Å²) in [5.74, 6) is 4.24. The van der Waals surface area contributed by atoms with Crippen molar-refractivity contribution in [3.8, 4) is 46.0 Å². The third-order valence-corrected chi connectivity index (χ3v) is 7.77. The lowest BCUT2D eigenvalue weighted by Gasteiger charge is -2.15. The number of nitrogens with one attached hydrogen (secondary N) is 2. The van der Waals surface area contributed by atoms with Gasteiger partial charge in [-0.3, -0.25) is 9.59 Å². The van der Waals surface area contributed by atoms with E-state index < -0.39 is 0 Å². The molecule has 4 aromatic rings. The maximum Gasteiger partial charge on any atom is 0.224 e. The molecule has 260 valence electrons. The number of amides is 2. The summed E-state index contributed by atoms with van der Waals surface area (Å²) < 4.78 is 38.6. The zero-order valence-corrected chi connectivity index (χ0v) is 28.8. The van der Waals surface area contributed by atoms with Crippen LogP contribution in [0.5, 0.6) is 46.0 Å². The molecule has 0 radical (unpaired) electrons. The largest absolute Gasteiger partial charge is 0.493 e. The third kappa shape index (κ3) is 10.2. The summed E-state index contributed by atoms with van der Waals surface area (Å²) in [6.07, 6.45) is 1.65. The summed E-state index contributed by atoms with van der Waals surface area (Å²) in [6, 6.07) is 22.1. The van der Waals surface area contributed by atoms with Gasteiger partial charge in [0.15, 0.2) is 46.0 Å². The minimum absolute atomic E-state index is 0.113. The Bertz CT molecular complexity index is 1600. The second-order valence-electron chi connectivity index (χ2n) is 11.0. The van der Waals surface area contributed by atoms with Gasteiger partial charge in [-0.05, 0) is 83.6 Å². The summed E-state index contributed by atoms with van der Waals surface area (Å²) in [4.78, 5) is 25.4. The van der Waals surface area contributed by atoms with E-state index in [0.717, 1.165) is 22.3 Å². The summed E-state index contributed by atoms with van der Waals surface area (Å²) in [5.41, 5.74) is 3.59. The van der Waals surface area contributed by atoms with Gasteiger partial charge in [0.2, 0.25) is 11.8 Å². The van der Waals surface area contributed by atoms with E-state index in [1.165, 1.54) is 0 Å². The first kappa shape index (κ1) is 36.3. The Labute approximate surface area is 287 Å². The molecule has 2 N–H and O–H groups in total. The smallest absolute Gasteiger partial charge is 0.224 e. The van der Waals surface area contributed by atoms with E-state index in [1.54, 1.807) is 66.9 Å². The van der Waals surface area contributed by atoms with Gasteiger partial charge in [-0.25, -0.2) is 0 Å². The van der Waals surface area contributed by atoms with Crippen molar-refractivity contribution in [3.05, 3.63) is 95.1 Å². The van der Waals surface area contributed by atoms with Crippen molar-refractivity contribution in [3.63, 3.8) is 0 Å². The quantitative estimate of drug-likeness (QED) is 0.144. The van der Waals surface area contributed by atoms with E-state index >= 15 is 0 Å². The van der Waals surface area contributed by atoms with Gasteiger partial charge >= 0.3 is 0 Å². The van der Waals surface area contributed by atoms with Crippen molar-refractivity contribution in [1.82, 2.24) is 10.6 Å². The molecule has 0 aliphatic carbocycles. The maximum absolute atomic E-state index is 12.7. The molecule has 0 saturated carbocycles. The molecule has 4 aromatic carbocycles. The number of carbonyl (C=O) groups excluding carboxylic acids is 2. The molecule has 11 nitrogen and oxygen atoms in total. The van der Waals surface area contributed by atoms with E-state index in [9.17, 15) is 9.59 Å². The monoisotopic (exact) mass is 672 g/mol. The molecule has 0 aromatic heterocycles. The van der Waals surface area contributed by atoms with Crippen LogP contribution in [0, 0.1) is 0 Å². The molecule has 0 saturated heterocycles. The Morgan fingerprint density at radius 3 is 1.10 bits per heavy atom. The van der Waals surface area contributed by atoms with Gasteiger partial charge in [0.25, 0.3) is 0 Å². The second-order valence-corrected chi connectivity index (χ2v) is 11.0. The van der Waals surface area contributed by atoms with Gasteiger partial charge in [0, 0.05) is 13.1 Å². The molecule has 49 heavy (non-hydrogen) atoms. The molecule has 0 atom stereocenters. The van der Waals surface area contributed by atoms with E-state index in [2.05, 4.69) is 10.6 Å². The number of hydrogen-bond donors (Lipinski definition) is 2. The molecule has 4 rings (SSSR count). The lowest BCUT2D eigenvalue weighted by Crippen LogP contribution is -2.27. The number of hydrogen-bond acceptors (Lipinski definition) is 9. The molecule has 11 heteroatoms. The lowest BCUT2D eigenvalue weighted by molar-refractivity contribution is -0.121. The summed E-state index contributed by atoms with van der Waals surface area (Å²) in [6.45, 7) is 0.951. The fourth-order valence-electron chi connectivity index (χ4n) is 5.19. The fourth-order valence-corrected chi connectivity index (χ4v) is 5.19. The van der Waals surface area contributed by atoms with Crippen LogP contribution in [0.1, 0.15) is 22.3 Å². The number of ether oxygens (including phenoxy) is 7. The first-order valence-corrected chi connectivity index (χ1v) is 15.8. The first-order valence-electron chi connectivity index (χ1n) is 15.8. The predicted octanol–water partition coefficient (Wildman–Crippen LogP) is 5.33. The van der Waals surface area contributed by atoms with Crippen LogP contribution >= 0.6 is 0 Å². The normalized spacial score (nSPS) is 10.5. The number of benzene rings is 4. The van der Waals surface area contributed by atoms with E-state index in [4.69, 9.17) is 33.2 Å². The van der Waals surface area contributed by atoms with Crippen LogP contribution in [0.4, 0.5) is 0 Å². The van der Waals surface area contributed by atoms with Gasteiger partial charge in [0.1, 0.15) is 0 Å². The highest BCUT2D eigenvalue weighted by Crippen LogP contribution is 2.37. The average molecular weight is 673 g/mol. The number of carbonyl (C=O) groups is 2. The second kappa shape index (κ2) is 18.1. The van der Waals surface area contributed by atoms with Crippen LogP contribution in [0.15, 0.2) is 72.8 Å². The molecule has 0 unspecified atom stereocenters. The van der Waals surface area contributed by atoms with E-state index in [-0.39, 0.29) is 24.7 Å². The van der Waals surface area contributed by atoms with Crippen LogP contribution in [-0.4, -0.2) is 67.6 Å². The Morgan fingerprint density at radius 1 is 0.429 bits per heavy atom. The topological polar surface area (TPSA) is 123 Å². The highest BCUT2D eigenvalue weighted by atomic mass is 16.5. The standard InChI is InChI=1S/C38H44N2O9/c1-43-29-11-7-25(19-33(29)45-3)15-17-39-37(41)23-27-9-13-31(35(21-27)47-5)49-32-14-10-28(22-36(32)48-6)24-38(42)40-18-16-26-8-12-30(44-2)34(20-26)46-4/h7-14,19-22H,15-18,23-24H2,1-6H3,(H,39,41)(H,40,42). The summed E-state index contributed by atoms with van der Waals surface area (Å²) in [5, 5.41) is 5.92. The maximum atomic E-state index is 12.7. The summed E-state index contributed by atoms with van der Waals surface area (Å²) in [7, 11) is 9.45. The number of rotatable bonds is 18. The van der Waals surface area contributed by atoms with E-state index in [0.29, 0.717) is 71.9 Å². The van der Waals surface area contributed by atoms with Crippen LogP contribution in [-0.2, 0) is 35.3 Å². The Morgan fingerprint density at radius 2 is 0.735 bits per heavy atom. The molecule has 0 bridgehead atoms. The summed E-state index contributed by atoms with van der Waals surface area (Å²) >= 11 is 0. The van der Waals surface area contributed by atoms with Crippen LogP contribution < -0.4 is 43.8 Å². The molecular weight excluding hydrogens is 628 g/mol. The molecule has 0 aliphatic rings. The Hall–Kier alpha value is -5.58. The van der Waals surface area contributed by atoms with E-state index in [1.807, 2.05) is 48.5 Å². The SMILES string of the molecule is COc1ccc(CCNC(=O)Cc2ccc(Oc3ccc(CC(=O)NCCc4ccc(OC)c(OC)c4)cc3OC)c(OC)c2)cc1OC. The molecule has 0 aliphatic heterocycles. The Balaban J connectivity index is 1.29. The fraction of sp³-hybridized carbons (Fsp3) is 0.316. The van der Waals surface area contributed by atoms with Crippen molar-refractivity contribution in [2.75, 3.05) is 55.7 Å². The van der Waals surface area contributed by atoms with Gasteiger partial charge < -0.3 is 43.8 Å². The van der Waals surface area contributed by atoms with Gasteiger partial charge in [-0.1, -0.05) is 24.3 Å². The molecule has 2 amide bonds. The van der Waals surface area contributed by atoms with Gasteiger partial charge in [-0.2, -0.15) is 0 Å². The van der Waals surface area contributed by atoms with Crippen molar-refractivity contribution < 1.29 is 42.7 Å². The van der Waals surface area contributed by atoms with Crippen molar-refractivity contribution in [1.29, 1.82) is 0 Å². The van der Waals surface area contributed by atoms with Crippen molar-refractivity contribution >= 4 is 11.8 Å². The zero-order valence-electron chi connectivity index (χ0n) is 28.8. The highest BCUT2D eigenvalue weighted by Gasteiger charge is 2.15. The van der Waals surface area contributed by atoms with Crippen molar-refractivity contribution in [2.24, 2.45) is 0 Å². The molecular formula is C38H44N2O9. The Kier molecular flexibility index (Phi) is 13.4. The highest BCUT2D eigenvalue weighted by molar-refractivity contribution is 5.79.